The van der Waals surface area contributed by atoms with Crippen LogP contribution in [0.4, 0.5) is 0 Å². The number of hydrogen-bond acceptors (Lipinski definition) is 3. The Bertz CT molecular complexity index is 565. The summed E-state index contributed by atoms with van der Waals surface area (Å²) in [5, 5.41) is 27.3. The van der Waals surface area contributed by atoms with Crippen LogP contribution >= 0.6 is 0 Å². The van der Waals surface area contributed by atoms with E-state index < -0.39 is 7.12 Å². The van der Waals surface area contributed by atoms with Crippen molar-refractivity contribution in [3.8, 4) is 5.75 Å². The van der Waals surface area contributed by atoms with Gasteiger partial charge >= 0.3 is 7.12 Å². The first-order valence-corrected chi connectivity index (χ1v) is 6.05. The summed E-state index contributed by atoms with van der Waals surface area (Å²) >= 11 is 0. The van der Waals surface area contributed by atoms with Gasteiger partial charge < -0.3 is 15.2 Å². The molecule has 0 fully saturated rings. The first-order chi connectivity index (χ1) is 9.15. The third-order valence-electron chi connectivity index (χ3n) is 2.79. The maximum atomic E-state index is 9.87. The van der Waals surface area contributed by atoms with Crippen LogP contribution in [0.25, 0.3) is 6.08 Å². The molecule has 0 aliphatic heterocycles. The van der Waals surface area contributed by atoms with E-state index in [4.69, 9.17) is 10.0 Å². The minimum absolute atomic E-state index is 0.130. The Hall–Kier alpha value is -2.04. The quantitative estimate of drug-likeness (QED) is 0.731. The van der Waals surface area contributed by atoms with E-state index in [1.807, 2.05) is 36.4 Å². The van der Waals surface area contributed by atoms with Gasteiger partial charge in [0.15, 0.2) is 0 Å². The largest absolute Gasteiger partial charge is 0.507 e. The number of hydrogen-bond donors (Lipinski definition) is 3. The van der Waals surface area contributed by atoms with Crippen molar-refractivity contribution < 1.29 is 15.2 Å². The van der Waals surface area contributed by atoms with E-state index in [2.05, 4.69) is 0 Å². The first kappa shape index (κ1) is 13.4. The topological polar surface area (TPSA) is 60.7 Å². The summed E-state index contributed by atoms with van der Waals surface area (Å²) in [6, 6.07) is 15.4. The molecule has 0 unspecified atom stereocenters. The summed E-state index contributed by atoms with van der Waals surface area (Å²) in [5.74, 6) is 1.33. The molecular weight excluding hydrogens is 239 g/mol. The molecular formula is C15H15BO3. The van der Waals surface area contributed by atoms with Crippen molar-refractivity contribution in [2.24, 2.45) is 0 Å². The number of phenols is 1. The molecule has 0 aliphatic rings. The van der Waals surface area contributed by atoms with E-state index in [1.54, 1.807) is 12.1 Å². The van der Waals surface area contributed by atoms with E-state index in [0.29, 0.717) is 5.56 Å². The molecule has 0 spiro atoms. The van der Waals surface area contributed by atoms with Gasteiger partial charge in [0, 0.05) is 5.56 Å². The van der Waals surface area contributed by atoms with Crippen molar-refractivity contribution in [2.45, 2.75) is 6.42 Å². The van der Waals surface area contributed by atoms with Crippen molar-refractivity contribution in [1.29, 1.82) is 0 Å². The van der Waals surface area contributed by atoms with Gasteiger partial charge in [0.25, 0.3) is 0 Å². The zero-order valence-electron chi connectivity index (χ0n) is 10.4. The van der Waals surface area contributed by atoms with Gasteiger partial charge in [-0.25, -0.2) is 0 Å². The molecule has 0 saturated carbocycles. The van der Waals surface area contributed by atoms with E-state index in [1.165, 1.54) is 17.6 Å². The maximum absolute atomic E-state index is 9.87. The summed E-state index contributed by atoms with van der Waals surface area (Å²) in [6.45, 7) is 0. The molecule has 4 heteroatoms. The van der Waals surface area contributed by atoms with Crippen LogP contribution < -0.4 is 0 Å². The van der Waals surface area contributed by atoms with E-state index in [0.717, 1.165) is 12.0 Å². The van der Waals surface area contributed by atoms with Gasteiger partial charge in [-0.2, -0.15) is 0 Å². The van der Waals surface area contributed by atoms with Crippen LogP contribution in [0.5, 0.6) is 5.75 Å². The maximum Gasteiger partial charge on any atom is 0.480 e. The van der Waals surface area contributed by atoms with Crippen molar-refractivity contribution in [1.82, 2.24) is 0 Å². The molecule has 2 rings (SSSR count). The van der Waals surface area contributed by atoms with Gasteiger partial charge in [-0.05, 0) is 23.6 Å². The lowest BCUT2D eigenvalue weighted by molar-refractivity contribution is 0.424. The second-order valence-corrected chi connectivity index (χ2v) is 4.33. The lowest BCUT2D eigenvalue weighted by atomic mass is 9.90. The Morgan fingerprint density at radius 3 is 2.32 bits per heavy atom. The average molecular weight is 254 g/mol. The van der Waals surface area contributed by atoms with Crippen molar-refractivity contribution in [3.63, 3.8) is 0 Å². The highest BCUT2D eigenvalue weighted by molar-refractivity contribution is 6.48. The number of aromatic hydroxyl groups is 1. The second-order valence-electron chi connectivity index (χ2n) is 4.33. The van der Waals surface area contributed by atoms with Crippen LogP contribution in [0.3, 0.4) is 0 Å². The van der Waals surface area contributed by atoms with Gasteiger partial charge in [0.05, 0.1) is 0 Å². The van der Waals surface area contributed by atoms with E-state index in [-0.39, 0.29) is 5.75 Å². The van der Waals surface area contributed by atoms with Gasteiger partial charge in [-0.1, -0.05) is 54.5 Å². The Labute approximate surface area is 112 Å². The zero-order chi connectivity index (χ0) is 13.7. The molecule has 0 aromatic heterocycles. The molecule has 0 saturated heterocycles. The SMILES string of the molecule is OB(O)/C=C/c1ccc(Cc2ccccc2)cc1O. The summed E-state index contributed by atoms with van der Waals surface area (Å²) < 4.78 is 0. The zero-order valence-corrected chi connectivity index (χ0v) is 10.4. The second kappa shape index (κ2) is 6.23. The van der Waals surface area contributed by atoms with Gasteiger partial charge in [0.1, 0.15) is 5.75 Å². The van der Waals surface area contributed by atoms with E-state index >= 15 is 0 Å². The smallest absolute Gasteiger partial charge is 0.480 e. The van der Waals surface area contributed by atoms with Gasteiger partial charge in [-0.3, -0.25) is 0 Å². The van der Waals surface area contributed by atoms with Crippen LogP contribution in [0.15, 0.2) is 54.5 Å². The molecule has 0 bridgehead atoms. The fourth-order valence-electron chi connectivity index (χ4n) is 1.86. The van der Waals surface area contributed by atoms with Crippen molar-refractivity contribution in [2.75, 3.05) is 0 Å². The van der Waals surface area contributed by atoms with Crippen LogP contribution in [0.2, 0.25) is 0 Å². The fourth-order valence-corrected chi connectivity index (χ4v) is 1.86. The number of benzene rings is 2. The minimum atomic E-state index is -1.51. The molecule has 96 valence electrons. The van der Waals surface area contributed by atoms with Crippen LogP contribution in [-0.2, 0) is 6.42 Å². The molecule has 2 aromatic rings. The Kier molecular flexibility index (Phi) is 4.39. The highest BCUT2D eigenvalue weighted by atomic mass is 16.4. The molecule has 3 nitrogen and oxygen atoms in total. The number of phenolic OH excluding ortho intramolecular Hbond substituents is 1. The predicted molar refractivity (Wildman–Crippen MR) is 76.6 cm³/mol. The minimum Gasteiger partial charge on any atom is -0.507 e. The average Bonchev–Trinajstić information content (AvgIpc) is 2.39. The Balaban J connectivity index is 2.15. The molecule has 0 radical (unpaired) electrons. The third-order valence-corrected chi connectivity index (χ3v) is 2.79. The van der Waals surface area contributed by atoms with Crippen LogP contribution in [0, 0.1) is 0 Å². The highest BCUT2D eigenvalue weighted by Crippen LogP contribution is 2.22. The normalized spacial score (nSPS) is 10.8. The van der Waals surface area contributed by atoms with Gasteiger partial charge in [0.2, 0.25) is 0 Å². The predicted octanol–water partition coefficient (Wildman–Crippen LogP) is 2.01. The van der Waals surface area contributed by atoms with E-state index in [9.17, 15) is 5.11 Å². The molecule has 3 N–H and O–H groups in total. The standard InChI is InChI=1S/C15H15BO3/c17-15-11-13(10-12-4-2-1-3-5-12)6-7-14(15)8-9-16(18)19/h1-9,11,17-19H,10H2/b9-8+. The van der Waals surface area contributed by atoms with Crippen LogP contribution in [0.1, 0.15) is 16.7 Å². The molecule has 2 aromatic carbocycles. The highest BCUT2D eigenvalue weighted by Gasteiger charge is 2.03. The fraction of sp³-hybridized carbons (Fsp3) is 0.0667. The van der Waals surface area contributed by atoms with Gasteiger partial charge in [-0.15, -0.1) is 0 Å². The summed E-state index contributed by atoms with van der Waals surface area (Å²) in [5.41, 5.74) is 2.74. The Morgan fingerprint density at radius 2 is 1.68 bits per heavy atom. The summed E-state index contributed by atoms with van der Waals surface area (Å²) in [7, 11) is -1.51. The third kappa shape index (κ3) is 3.98. The number of rotatable bonds is 4. The molecule has 0 heterocycles. The van der Waals surface area contributed by atoms with Crippen LogP contribution in [-0.4, -0.2) is 22.3 Å². The lowest BCUT2D eigenvalue weighted by Crippen LogP contribution is -2.05. The van der Waals surface area contributed by atoms with Crippen molar-refractivity contribution >= 4 is 13.2 Å². The molecule has 0 atom stereocenters. The summed E-state index contributed by atoms with van der Waals surface area (Å²) in [6.07, 6.45) is 2.23. The molecule has 0 aliphatic carbocycles. The first-order valence-electron chi connectivity index (χ1n) is 6.05. The monoisotopic (exact) mass is 254 g/mol. The Morgan fingerprint density at radius 1 is 0.947 bits per heavy atom. The summed E-state index contributed by atoms with van der Waals surface area (Å²) in [4.78, 5) is 0. The molecule has 0 amide bonds. The lowest BCUT2D eigenvalue weighted by Gasteiger charge is -2.05. The van der Waals surface area contributed by atoms with Crippen molar-refractivity contribution in [3.05, 3.63) is 71.2 Å². The molecule has 19 heavy (non-hydrogen) atoms.